The smallest absolute Gasteiger partial charge is 0.0416 e. The number of nitrogens with one attached hydrogen (secondary N) is 1. The molecule has 0 spiro atoms. The number of hydrogen-bond donors (Lipinski definition) is 1. The highest BCUT2D eigenvalue weighted by molar-refractivity contribution is 5.37. The molecule has 17 heavy (non-hydrogen) atoms. The first-order valence-corrected chi connectivity index (χ1v) is 5.96. The number of allylic oxidation sites excluding steroid dienone is 8. The lowest BCUT2D eigenvalue weighted by Crippen LogP contribution is -2.13. The maximum absolute atomic E-state index is 4.00. The second kappa shape index (κ2) is 6.74. The minimum Gasteiger partial charge on any atom is -0.356 e. The Morgan fingerprint density at radius 2 is 2.18 bits per heavy atom. The molecular formula is C16H21N. The molecule has 1 rings (SSSR count). The first kappa shape index (κ1) is 13.3. The lowest BCUT2D eigenvalue weighted by molar-refractivity contribution is 0.907. The van der Waals surface area contributed by atoms with Gasteiger partial charge in [0.15, 0.2) is 0 Å². The molecule has 1 N–H and O–H groups in total. The fourth-order valence-corrected chi connectivity index (χ4v) is 1.69. The summed E-state index contributed by atoms with van der Waals surface area (Å²) in [6, 6.07) is 0. The third kappa shape index (κ3) is 4.31. The molecule has 1 unspecified atom stereocenters. The van der Waals surface area contributed by atoms with E-state index in [-0.39, 0.29) is 0 Å². The average molecular weight is 227 g/mol. The molecule has 0 aromatic rings. The van der Waals surface area contributed by atoms with Crippen LogP contribution in [0.1, 0.15) is 20.3 Å². The topological polar surface area (TPSA) is 12.0 Å². The van der Waals surface area contributed by atoms with E-state index in [9.17, 15) is 0 Å². The van der Waals surface area contributed by atoms with Crippen LogP contribution in [-0.2, 0) is 0 Å². The van der Waals surface area contributed by atoms with Gasteiger partial charge in [-0.15, -0.1) is 0 Å². The summed E-state index contributed by atoms with van der Waals surface area (Å²) in [6.07, 6.45) is 15.4. The Morgan fingerprint density at radius 3 is 2.82 bits per heavy atom. The Morgan fingerprint density at radius 1 is 1.41 bits per heavy atom. The maximum Gasteiger partial charge on any atom is 0.0416 e. The molecule has 0 aromatic heterocycles. The fraction of sp³-hybridized carbons (Fsp3) is 0.250. The van der Waals surface area contributed by atoms with Gasteiger partial charge in [-0.3, -0.25) is 0 Å². The zero-order valence-electron chi connectivity index (χ0n) is 10.7. The van der Waals surface area contributed by atoms with Crippen molar-refractivity contribution in [2.24, 2.45) is 5.92 Å². The fourth-order valence-electron chi connectivity index (χ4n) is 1.69. The molecule has 1 heteroatoms. The second-order valence-electron chi connectivity index (χ2n) is 4.13. The van der Waals surface area contributed by atoms with Crippen LogP contribution in [0.3, 0.4) is 0 Å². The number of rotatable bonds is 1. The lowest BCUT2D eigenvalue weighted by Gasteiger charge is -2.15. The molecule has 1 aliphatic heterocycles. The zero-order valence-corrected chi connectivity index (χ0v) is 10.7. The van der Waals surface area contributed by atoms with Gasteiger partial charge < -0.3 is 5.32 Å². The molecule has 0 saturated carbocycles. The Bertz CT molecular complexity index is 405. The Kier molecular flexibility index (Phi) is 5.28. The predicted molar refractivity (Wildman–Crippen MR) is 76.4 cm³/mol. The summed E-state index contributed by atoms with van der Waals surface area (Å²) in [7, 11) is 0. The van der Waals surface area contributed by atoms with Crippen molar-refractivity contribution in [2.45, 2.75) is 20.3 Å². The molecule has 0 bridgehead atoms. The van der Waals surface area contributed by atoms with Gasteiger partial charge in [-0.05, 0) is 37.0 Å². The van der Waals surface area contributed by atoms with Gasteiger partial charge in [-0.25, -0.2) is 0 Å². The minimum atomic E-state index is 0.441. The van der Waals surface area contributed by atoms with Gasteiger partial charge in [0.05, 0.1) is 0 Å². The van der Waals surface area contributed by atoms with Crippen molar-refractivity contribution < 1.29 is 0 Å². The summed E-state index contributed by atoms with van der Waals surface area (Å²) in [6.45, 7) is 12.0. The first-order valence-electron chi connectivity index (χ1n) is 5.96. The average Bonchev–Trinajstić information content (AvgIpc) is 2.31. The van der Waals surface area contributed by atoms with E-state index in [1.807, 2.05) is 12.2 Å². The van der Waals surface area contributed by atoms with Crippen LogP contribution in [0.4, 0.5) is 0 Å². The molecular weight excluding hydrogens is 206 g/mol. The molecule has 0 aliphatic carbocycles. The van der Waals surface area contributed by atoms with E-state index < -0.39 is 0 Å². The third-order valence-corrected chi connectivity index (χ3v) is 2.65. The van der Waals surface area contributed by atoms with Crippen molar-refractivity contribution in [2.75, 3.05) is 0 Å². The van der Waals surface area contributed by atoms with Gasteiger partial charge in [0.2, 0.25) is 0 Å². The molecule has 1 aliphatic rings. The van der Waals surface area contributed by atoms with Crippen molar-refractivity contribution in [3.63, 3.8) is 0 Å². The van der Waals surface area contributed by atoms with Crippen molar-refractivity contribution in [3.05, 3.63) is 72.7 Å². The SMILES string of the molecule is C=C/C=C1/NC(=C)/C=C\C(C)/C=C\C/C1=C/C. The van der Waals surface area contributed by atoms with E-state index in [4.69, 9.17) is 0 Å². The molecule has 0 fully saturated rings. The zero-order chi connectivity index (χ0) is 12.7. The lowest BCUT2D eigenvalue weighted by atomic mass is 10.0. The summed E-state index contributed by atoms with van der Waals surface area (Å²) in [5, 5.41) is 3.32. The second-order valence-corrected chi connectivity index (χ2v) is 4.13. The van der Waals surface area contributed by atoms with Crippen LogP contribution in [0.25, 0.3) is 0 Å². The van der Waals surface area contributed by atoms with Gasteiger partial charge in [0.25, 0.3) is 0 Å². The first-order chi connectivity index (χ1) is 8.17. The van der Waals surface area contributed by atoms with Crippen LogP contribution in [0.2, 0.25) is 0 Å². The summed E-state index contributed by atoms with van der Waals surface area (Å²) in [4.78, 5) is 0. The molecule has 0 aromatic carbocycles. The molecule has 1 nitrogen and oxygen atoms in total. The highest BCUT2D eigenvalue weighted by atomic mass is 14.9. The van der Waals surface area contributed by atoms with Crippen LogP contribution < -0.4 is 5.32 Å². The van der Waals surface area contributed by atoms with Gasteiger partial charge in [0.1, 0.15) is 0 Å². The van der Waals surface area contributed by atoms with E-state index in [0.717, 1.165) is 17.8 Å². The Labute approximate surface area is 105 Å². The van der Waals surface area contributed by atoms with E-state index >= 15 is 0 Å². The van der Waals surface area contributed by atoms with E-state index in [1.165, 1.54) is 5.57 Å². The molecule has 0 radical (unpaired) electrons. The number of hydrogen-bond acceptors (Lipinski definition) is 1. The maximum atomic E-state index is 4.00. The van der Waals surface area contributed by atoms with Crippen molar-refractivity contribution >= 4 is 0 Å². The minimum absolute atomic E-state index is 0.441. The molecule has 1 atom stereocenters. The van der Waals surface area contributed by atoms with Crippen molar-refractivity contribution in [1.82, 2.24) is 5.32 Å². The highest BCUT2D eigenvalue weighted by Gasteiger charge is 2.04. The molecule has 0 amide bonds. The third-order valence-electron chi connectivity index (χ3n) is 2.65. The van der Waals surface area contributed by atoms with Gasteiger partial charge in [-0.1, -0.05) is 50.5 Å². The molecule has 1 heterocycles. The van der Waals surface area contributed by atoms with Crippen molar-refractivity contribution in [3.8, 4) is 0 Å². The summed E-state index contributed by atoms with van der Waals surface area (Å²) in [5.74, 6) is 0.441. The Hall–Kier alpha value is -1.76. The van der Waals surface area contributed by atoms with E-state index in [0.29, 0.717) is 5.92 Å². The summed E-state index contributed by atoms with van der Waals surface area (Å²) < 4.78 is 0. The monoisotopic (exact) mass is 227 g/mol. The van der Waals surface area contributed by atoms with Crippen LogP contribution in [0.5, 0.6) is 0 Å². The van der Waals surface area contributed by atoms with Gasteiger partial charge in [-0.2, -0.15) is 0 Å². The van der Waals surface area contributed by atoms with E-state index in [2.05, 4.69) is 56.6 Å². The predicted octanol–water partition coefficient (Wildman–Crippen LogP) is 4.26. The van der Waals surface area contributed by atoms with Crippen LogP contribution in [0, 0.1) is 5.92 Å². The standard InChI is InChI=1S/C16H21N/c1-5-8-16-15(6-2)10-7-9-13(3)11-12-14(4)17-16/h5-9,11-13,17H,1,4,10H2,2-3H3/b9-7-,12-11-,15-6-,16-8+. The highest BCUT2D eigenvalue weighted by Crippen LogP contribution is 2.17. The van der Waals surface area contributed by atoms with Crippen LogP contribution in [-0.4, -0.2) is 0 Å². The van der Waals surface area contributed by atoms with Crippen LogP contribution in [0.15, 0.2) is 72.7 Å². The normalized spacial score (nSPS) is 29.8. The molecule has 0 saturated heterocycles. The Balaban J connectivity index is 3.04. The summed E-state index contributed by atoms with van der Waals surface area (Å²) in [5.41, 5.74) is 3.22. The van der Waals surface area contributed by atoms with Gasteiger partial charge >= 0.3 is 0 Å². The van der Waals surface area contributed by atoms with E-state index in [1.54, 1.807) is 6.08 Å². The quantitative estimate of drug-likeness (QED) is 0.660. The van der Waals surface area contributed by atoms with Crippen molar-refractivity contribution in [1.29, 1.82) is 0 Å². The van der Waals surface area contributed by atoms with Crippen LogP contribution >= 0.6 is 0 Å². The summed E-state index contributed by atoms with van der Waals surface area (Å²) >= 11 is 0. The largest absolute Gasteiger partial charge is 0.356 e. The molecule has 90 valence electrons. The van der Waals surface area contributed by atoms with Gasteiger partial charge in [0, 0.05) is 11.4 Å².